The van der Waals surface area contributed by atoms with Crippen LogP contribution in [0.15, 0.2) is 57.8 Å². The Balaban J connectivity index is 1.75. The van der Waals surface area contributed by atoms with E-state index in [-0.39, 0.29) is 0 Å². The number of aliphatic imine (C=N–C) groups is 2. The van der Waals surface area contributed by atoms with E-state index >= 15 is 0 Å². The van der Waals surface area contributed by atoms with E-state index in [4.69, 9.17) is 31.1 Å². The molecule has 2 aromatic carbocycles. The zero-order valence-corrected chi connectivity index (χ0v) is 23.3. The van der Waals surface area contributed by atoms with Crippen LogP contribution in [-0.2, 0) is 4.74 Å². The highest BCUT2D eigenvalue weighted by Crippen LogP contribution is 2.37. The van der Waals surface area contributed by atoms with Gasteiger partial charge in [0, 0.05) is 61.6 Å². The maximum atomic E-state index is 10.00. The molecule has 0 unspecified atom stereocenters. The minimum atomic E-state index is 0.447. The van der Waals surface area contributed by atoms with Gasteiger partial charge in [-0.05, 0) is 31.7 Å². The Morgan fingerprint density at radius 2 is 1.95 bits per heavy atom. The van der Waals surface area contributed by atoms with Crippen LogP contribution in [0.5, 0.6) is 5.75 Å². The van der Waals surface area contributed by atoms with Gasteiger partial charge in [0.25, 0.3) is 0 Å². The van der Waals surface area contributed by atoms with E-state index in [1.165, 1.54) is 11.8 Å². The molecule has 0 amide bonds. The molecule has 0 atom stereocenters. The van der Waals surface area contributed by atoms with Crippen molar-refractivity contribution < 1.29 is 9.47 Å². The first-order valence-corrected chi connectivity index (χ1v) is 13.9. The lowest BCUT2D eigenvalue weighted by Gasteiger charge is -2.26. The van der Waals surface area contributed by atoms with Gasteiger partial charge in [-0.2, -0.15) is 5.26 Å². The third-order valence-corrected chi connectivity index (χ3v) is 7.44. The molecule has 2 aromatic rings. The normalized spacial score (nSPS) is 17.2. The molecule has 2 aliphatic rings. The Bertz CT molecular complexity index is 1280. The molecular formula is C28H32ClN5O2S. The summed E-state index contributed by atoms with van der Waals surface area (Å²) in [7, 11) is 3.97. The van der Waals surface area contributed by atoms with Crippen molar-refractivity contribution in [3.63, 3.8) is 0 Å². The van der Waals surface area contributed by atoms with Gasteiger partial charge < -0.3 is 14.4 Å². The minimum Gasteiger partial charge on any atom is -0.492 e. The molecule has 1 saturated heterocycles. The van der Waals surface area contributed by atoms with E-state index in [0.717, 1.165) is 66.8 Å². The van der Waals surface area contributed by atoms with Gasteiger partial charge in [-0.25, -0.2) is 9.98 Å². The number of hydrogen-bond donors (Lipinski definition) is 0. The number of nitrogens with zero attached hydrogens (tertiary/aromatic N) is 5. The summed E-state index contributed by atoms with van der Waals surface area (Å²) in [5.74, 6) is 0.530. The summed E-state index contributed by atoms with van der Waals surface area (Å²) in [6.45, 7) is 6.92. The van der Waals surface area contributed by atoms with E-state index in [2.05, 4.69) is 11.0 Å². The molecule has 0 aliphatic carbocycles. The molecule has 9 heteroatoms. The van der Waals surface area contributed by atoms with E-state index < -0.39 is 0 Å². The zero-order valence-electron chi connectivity index (χ0n) is 21.8. The number of rotatable bonds is 7. The van der Waals surface area contributed by atoms with Crippen LogP contribution in [0.1, 0.15) is 30.0 Å². The van der Waals surface area contributed by atoms with Gasteiger partial charge >= 0.3 is 0 Å². The molecule has 0 N–H and O–H groups in total. The Kier molecular flexibility index (Phi) is 9.28. The topological polar surface area (TPSA) is 73.5 Å². The van der Waals surface area contributed by atoms with Crippen molar-refractivity contribution in [3.05, 3.63) is 69.5 Å². The van der Waals surface area contributed by atoms with Gasteiger partial charge in [0.2, 0.25) is 0 Å². The highest BCUT2D eigenvalue weighted by atomic mass is 35.5. The van der Waals surface area contributed by atoms with Crippen LogP contribution < -0.4 is 4.74 Å². The standard InChI is InChI=1S/C28H32ClN5O2S/c1-19(33(2)3)26-28(37-4)31-24-17-25(36-13-7-10-34-11-14-35-15-12-34)20(18-30)16-22(24)27(32-26)21-8-5-6-9-23(21)29/h5-6,8-9,16-17H,7,10-15H2,1-4H3. The number of morpholine rings is 1. The molecule has 4 rings (SSSR count). The Labute approximate surface area is 228 Å². The highest BCUT2D eigenvalue weighted by molar-refractivity contribution is 8.13. The highest BCUT2D eigenvalue weighted by Gasteiger charge is 2.24. The second-order valence-corrected chi connectivity index (χ2v) is 10.2. The molecule has 1 fully saturated rings. The predicted octanol–water partition coefficient (Wildman–Crippen LogP) is 5.35. The quantitative estimate of drug-likeness (QED) is 0.443. The number of allylic oxidation sites excluding steroid dienone is 1. The number of nitriles is 1. The molecule has 37 heavy (non-hydrogen) atoms. The van der Waals surface area contributed by atoms with E-state index in [0.29, 0.717) is 34.3 Å². The summed E-state index contributed by atoms with van der Waals surface area (Å²) in [5, 5.41) is 11.4. The van der Waals surface area contributed by atoms with Gasteiger partial charge in [0.15, 0.2) is 0 Å². The number of hydrogen-bond acceptors (Lipinski definition) is 8. The van der Waals surface area contributed by atoms with Crippen molar-refractivity contribution in [3.8, 4) is 11.8 Å². The molecule has 0 saturated carbocycles. The largest absolute Gasteiger partial charge is 0.492 e. The lowest BCUT2D eigenvalue weighted by molar-refractivity contribution is 0.0358. The Morgan fingerprint density at radius 1 is 1.19 bits per heavy atom. The molecule has 2 aliphatic heterocycles. The van der Waals surface area contributed by atoms with Gasteiger partial charge in [-0.15, -0.1) is 11.8 Å². The van der Waals surface area contributed by atoms with Crippen molar-refractivity contribution in [2.24, 2.45) is 9.98 Å². The van der Waals surface area contributed by atoms with Crippen LogP contribution in [0.2, 0.25) is 5.02 Å². The maximum absolute atomic E-state index is 10.00. The smallest absolute Gasteiger partial charge is 0.139 e. The first-order valence-electron chi connectivity index (χ1n) is 12.3. The average molecular weight is 538 g/mol. The van der Waals surface area contributed by atoms with Crippen molar-refractivity contribution in [1.29, 1.82) is 5.26 Å². The first kappa shape index (κ1) is 27.2. The molecule has 0 bridgehead atoms. The average Bonchev–Trinajstić information content (AvgIpc) is 3.07. The molecule has 0 spiro atoms. The van der Waals surface area contributed by atoms with Crippen LogP contribution >= 0.6 is 23.4 Å². The second-order valence-electron chi connectivity index (χ2n) is 9.02. The van der Waals surface area contributed by atoms with E-state index in [9.17, 15) is 5.26 Å². The summed E-state index contributed by atoms with van der Waals surface area (Å²) >= 11 is 8.17. The Morgan fingerprint density at radius 3 is 2.62 bits per heavy atom. The monoisotopic (exact) mass is 537 g/mol. The first-order chi connectivity index (χ1) is 17.9. The molecule has 0 aromatic heterocycles. The zero-order chi connectivity index (χ0) is 26.4. The molecule has 2 heterocycles. The summed E-state index contributed by atoms with van der Waals surface area (Å²) in [4.78, 5) is 14.5. The van der Waals surface area contributed by atoms with Gasteiger partial charge in [0.1, 0.15) is 22.6 Å². The van der Waals surface area contributed by atoms with Crippen LogP contribution in [0.25, 0.3) is 0 Å². The number of ether oxygens (including phenoxy) is 2. The van der Waals surface area contributed by atoms with E-state index in [1.54, 1.807) is 0 Å². The van der Waals surface area contributed by atoms with Crippen molar-refractivity contribution in [1.82, 2.24) is 9.80 Å². The number of benzene rings is 2. The number of thioether (sulfide) groups is 1. The lowest BCUT2D eigenvalue weighted by Crippen LogP contribution is -2.37. The summed E-state index contributed by atoms with van der Waals surface area (Å²) in [5.41, 5.74) is 5.11. The lowest BCUT2D eigenvalue weighted by atomic mass is 9.98. The summed E-state index contributed by atoms with van der Waals surface area (Å²) in [6, 6.07) is 13.6. The van der Waals surface area contributed by atoms with Crippen molar-refractivity contribution in [2.45, 2.75) is 13.3 Å². The molecule has 7 nitrogen and oxygen atoms in total. The summed E-state index contributed by atoms with van der Waals surface area (Å²) in [6.07, 6.45) is 2.85. The third kappa shape index (κ3) is 6.36. The number of halogens is 1. The van der Waals surface area contributed by atoms with Crippen LogP contribution in [0.4, 0.5) is 5.69 Å². The molecule has 194 valence electrons. The van der Waals surface area contributed by atoms with Crippen LogP contribution in [0, 0.1) is 11.3 Å². The predicted molar refractivity (Wildman–Crippen MR) is 153 cm³/mol. The van der Waals surface area contributed by atoms with Crippen molar-refractivity contribution in [2.75, 3.05) is 59.8 Å². The fourth-order valence-electron chi connectivity index (χ4n) is 4.18. The van der Waals surface area contributed by atoms with Gasteiger partial charge in [-0.3, -0.25) is 4.90 Å². The SMILES string of the molecule is CSC1=Nc2cc(OCCCN3CCOCC3)c(C#N)cc2C(c2ccccc2Cl)=NC1=C(C)N(C)C. The van der Waals surface area contributed by atoms with Crippen LogP contribution in [-0.4, -0.2) is 80.4 Å². The third-order valence-electron chi connectivity index (χ3n) is 6.44. The van der Waals surface area contributed by atoms with Gasteiger partial charge in [-0.1, -0.05) is 29.8 Å². The van der Waals surface area contributed by atoms with Gasteiger partial charge in [0.05, 0.1) is 36.8 Å². The van der Waals surface area contributed by atoms with Crippen LogP contribution in [0.3, 0.4) is 0 Å². The number of fused-ring (bicyclic) bond motifs is 1. The molecular weight excluding hydrogens is 506 g/mol. The maximum Gasteiger partial charge on any atom is 0.139 e. The van der Waals surface area contributed by atoms with Crippen molar-refractivity contribution >= 4 is 39.8 Å². The molecule has 0 radical (unpaired) electrons. The fourth-order valence-corrected chi connectivity index (χ4v) is 4.99. The Hall–Kier alpha value is -2.83. The minimum absolute atomic E-state index is 0.447. The fraction of sp³-hybridized carbons (Fsp3) is 0.393. The van der Waals surface area contributed by atoms with E-state index in [1.807, 2.05) is 68.6 Å². The second kappa shape index (κ2) is 12.6. The summed E-state index contributed by atoms with van der Waals surface area (Å²) < 4.78 is 11.6.